The van der Waals surface area contributed by atoms with E-state index in [4.69, 9.17) is 27.9 Å². The van der Waals surface area contributed by atoms with Crippen LogP contribution in [0, 0.1) is 0 Å². The number of rotatable bonds is 3. The molecule has 0 radical (unpaired) electrons. The number of methoxy groups -OCH3 is 1. The molecule has 0 saturated carbocycles. The molecule has 0 fully saturated rings. The molecule has 0 saturated heterocycles. The summed E-state index contributed by atoms with van der Waals surface area (Å²) in [6, 6.07) is 4.91. The highest BCUT2D eigenvalue weighted by molar-refractivity contribution is 6.31. The van der Waals surface area contributed by atoms with E-state index in [2.05, 4.69) is 15.3 Å². The summed E-state index contributed by atoms with van der Waals surface area (Å²) < 4.78 is 5.13. The third-order valence-electron chi connectivity index (χ3n) is 2.26. The summed E-state index contributed by atoms with van der Waals surface area (Å²) in [4.78, 5) is 19.6. The summed E-state index contributed by atoms with van der Waals surface area (Å²) in [5.41, 5.74) is 0.600. The zero-order valence-corrected chi connectivity index (χ0v) is 11.4. The Morgan fingerprint density at radius 3 is 2.68 bits per heavy atom. The van der Waals surface area contributed by atoms with Gasteiger partial charge in [-0.1, -0.05) is 23.2 Å². The van der Waals surface area contributed by atoms with Crippen molar-refractivity contribution in [2.45, 2.75) is 0 Å². The predicted octanol–water partition coefficient (Wildman–Crippen LogP) is 3.04. The minimum Gasteiger partial charge on any atom is -0.495 e. The highest BCUT2D eigenvalue weighted by Gasteiger charge is 2.11. The van der Waals surface area contributed by atoms with Gasteiger partial charge in [-0.3, -0.25) is 4.79 Å². The van der Waals surface area contributed by atoms with Crippen LogP contribution < -0.4 is 10.1 Å². The summed E-state index contributed by atoms with van der Waals surface area (Å²) in [6.45, 7) is 0. The molecule has 1 N–H and O–H groups in total. The first-order valence-corrected chi connectivity index (χ1v) is 5.98. The van der Waals surface area contributed by atoms with E-state index in [0.717, 1.165) is 0 Å². The third-order valence-corrected chi connectivity index (χ3v) is 2.69. The lowest BCUT2D eigenvalue weighted by molar-refractivity contribution is 0.102. The Morgan fingerprint density at radius 1 is 1.26 bits per heavy atom. The molecule has 98 valence electrons. The molecular weight excluding hydrogens is 289 g/mol. The first-order valence-electron chi connectivity index (χ1n) is 5.22. The van der Waals surface area contributed by atoms with Crippen molar-refractivity contribution in [3.63, 3.8) is 0 Å². The van der Waals surface area contributed by atoms with Crippen LogP contribution >= 0.6 is 23.2 Å². The van der Waals surface area contributed by atoms with E-state index >= 15 is 0 Å². The van der Waals surface area contributed by atoms with Crippen molar-refractivity contribution in [1.29, 1.82) is 0 Å². The topological polar surface area (TPSA) is 64.1 Å². The number of benzene rings is 1. The first-order chi connectivity index (χ1) is 9.10. The van der Waals surface area contributed by atoms with Gasteiger partial charge in [0.2, 0.25) is 0 Å². The van der Waals surface area contributed by atoms with Gasteiger partial charge in [-0.05, 0) is 18.2 Å². The quantitative estimate of drug-likeness (QED) is 0.946. The van der Waals surface area contributed by atoms with Crippen LogP contribution in [-0.4, -0.2) is 23.0 Å². The number of ether oxygens (including phenoxy) is 1. The van der Waals surface area contributed by atoms with Crippen LogP contribution in [0.2, 0.25) is 10.2 Å². The number of anilines is 1. The van der Waals surface area contributed by atoms with Crippen LogP contribution in [0.1, 0.15) is 10.5 Å². The molecule has 0 spiro atoms. The van der Waals surface area contributed by atoms with Crippen molar-refractivity contribution in [1.82, 2.24) is 9.97 Å². The maximum absolute atomic E-state index is 11.9. The normalized spacial score (nSPS) is 10.1. The van der Waals surface area contributed by atoms with E-state index in [1.54, 1.807) is 18.2 Å². The van der Waals surface area contributed by atoms with Crippen LogP contribution in [0.25, 0.3) is 0 Å². The lowest BCUT2D eigenvalue weighted by Gasteiger charge is -2.10. The Balaban J connectivity index is 2.23. The van der Waals surface area contributed by atoms with Gasteiger partial charge in [-0.15, -0.1) is 0 Å². The minimum absolute atomic E-state index is 0.145. The minimum atomic E-state index is -0.426. The maximum atomic E-state index is 11.9. The Hall–Kier alpha value is -1.85. The van der Waals surface area contributed by atoms with Crippen LogP contribution in [-0.2, 0) is 0 Å². The van der Waals surface area contributed by atoms with Gasteiger partial charge in [0.25, 0.3) is 5.91 Å². The van der Waals surface area contributed by atoms with Gasteiger partial charge >= 0.3 is 0 Å². The molecule has 1 aromatic carbocycles. The van der Waals surface area contributed by atoms with Gasteiger partial charge in [-0.25, -0.2) is 9.97 Å². The fraction of sp³-hybridized carbons (Fsp3) is 0.0833. The largest absolute Gasteiger partial charge is 0.495 e. The second-order valence-corrected chi connectivity index (χ2v) is 4.35. The first kappa shape index (κ1) is 13.6. The molecule has 7 heteroatoms. The summed E-state index contributed by atoms with van der Waals surface area (Å²) in [6.07, 6.45) is 2.58. The van der Waals surface area contributed by atoms with Crippen LogP contribution in [0.15, 0.2) is 30.6 Å². The van der Waals surface area contributed by atoms with E-state index in [0.29, 0.717) is 16.5 Å². The fourth-order valence-electron chi connectivity index (χ4n) is 1.39. The number of hydrogen-bond donors (Lipinski definition) is 1. The highest BCUT2D eigenvalue weighted by atomic mass is 35.5. The molecule has 1 amide bonds. The molecule has 2 aromatic rings. The maximum Gasteiger partial charge on any atom is 0.275 e. The number of amides is 1. The third kappa shape index (κ3) is 3.33. The molecule has 0 aliphatic carbocycles. The number of hydrogen-bond acceptors (Lipinski definition) is 4. The second-order valence-electron chi connectivity index (χ2n) is 3.52. The number of aromatic nitrogens is 2. The van der Waals surface area contributed by atoms with Crippen molar-refractivity contribution in [3.8, 4) is 5.75 Å². The van der Waals surface area contributed by atoms with Crippen molar-refractivity contribution in [2.75, 3.05) is 12.4 Å². The standard InChI is InChI=1S/C12H9Cl2N3O2/c1-19-10-3-2-7(13)4-8(10)17-12(18)9-5-16-11(14)6-15-9/h2-6H,1H3,(H,17,18). The number of nitrogens with one attached hydrogen (secondary N) is 1. The van der Waals surface area contributed by atoms with E-state index in [9.17, 15) is 4.79 Å². The van der Waals surface area contributed by atoms with Gasteiger partial charge in [0.15, 0.2) is 0 Å². The lowest BCUT2D eigenvalue weighted by atomic mass is 10.3. The van der Waals surface area contributed by atoms with Gasteiger partial charge in [-0.2, -0.15) is 0 Å². The van der Waals surface area contributed by atoms with E-state index in [1.165, 1.54) is 19.5 Å². The Bertz CT molecular complexity index is 602. The fourth-order valence-corrected chi connectivity index (χ4v) is 1.66. The molecule has 0 aliphatic rings. The summed E-state index contributed by atoms with van der Waals surface area (Å²) in [5.74, 6) is 0.0735. The van der Waals surface area contributed by atoms with E-state index in [1.807, 2.05) is 0 Å². The molecule has 0 unspecified atom stereocenters. The SMILES string of the molecule is COc1ccc(Cl)cc1NC(=O)c1cnc(Cl)cn1. The molecule has 5 nitrogen and oxygen atoms in total. The van der Waals surface area contributed by atoms with Crippen LogP contribution in [0.3, 0.4) is 0 Å². The average molecular weight is 298 g/mol. The summed E-state index contributed by atoms with van der Waals surface area (Å²) in [7, 11) is 1.50. The molecule has 0 bridgehead atoms. The molecule has 0 atom stereocenters. The number of carbonyl (C=O) groups is 1. The molecule has 19 heavy (non-hydrogen) atoms. The van der Waals surface area contributed by atoms with Gasteiger partial charge in [0.05, 0.1) is 25.2 Å². The lowest BCUT2D eigenvalue weighted by Crippen LogP contribution is -2.14. The van der Waals surface area contributed by atoms with Gasteiger partial charge in [0, 0.05) is 5.02 Å². The van der Waals surface area contributed by atoms with E-state index < -0.39 is 5.91 Å². The Morgan fingerprint density at radius 2 is 2.05 bits per heavy atom. The van der Waals surface area contributed by atoms with Crippen molar-refractivity contribution in [2.24, 2.45) is 0 Å². The van der Waals surface area contributed by atoms with Gasteiger partial charge in [0.1, 0.15) is 16.6 Å². The Labute approximate surface area is 119 Å². The second kappa shape index (κ2) is 5.86. The molecule has 1 heterocycles. The number of nitrogens with zero attached hydrogens (tertiary/aromatic N) is 2. The average Bonchev–Trinajstić information content (AvgIpc) is 2.39. The molecule has 2 rings (SSSR count). The molecular formula is C12H9Cl2N3O2. The number of carbonyl (C=O) groups excluding carboxylic acids is 1. The van der Waals surface area contributed by atoms with Gasteiger partial charge < -0.3 is 10.1 Å². The molecule has 1 aromatic heterocycles. The van der Waals surface area contributed by atoms with Crippen LogP contribution in [0.5, 0.6) is 5.75 Å². The van der Waals surface area contributed by atoms with E-state index in [-0.39, 0.29) is 10.8 Å². The summed E-state index contributed by atoms with van der Waals surface area (Å²) in [5, 5.41) is 3.35. The number of halogens is 2. The predicted molar refractivity (Wildman–Crippen MR) is 73.0 cm³/mol. The smallest absolute Gasteiger partial charge is 0.275 e. The zero-order valence-electron chi connectivity index (χ0n) is 9.85. The monoisotopic (exact) mass is 297 g/mol. The van der Waals surface area contributed by atoms with Crippen molar-refractivity contribution in [3.05, 3.63) is 46.5 Å². The zero-order chi connectivity index (χ0) is 13.8. The summed E-state index contributed by atoms with van der Waals surface area (Å²) >= 11 is 11.5. The van der Waals surface area contributed by atoms with Crippen LogP contribution in [0.4, 0.5) is 5.69 Å². The molecule has 0 aliphatic heterocycles. The van der Waals surface area contributed by atoms with Crippen molar-refractivity contribution < 1.29 is 9.53 Å². The Kier molecular flexibility index (Phi) is 4.19. The van der Waals surface area contributed by atoms with Crippen molar-refractivity contribution >= 4 is 34.8 Å². The highest BCUT2D eigenvalue weighted by Crippen LogP contribution is 2.27.